The summed E-state index contributed by atoms with van der Waals surface area (Å²) < 4.78 is 12.3. The molecule has 4 nitrogen and oxygen atoms in total. The Balaban J connectivity index is 1.27. The van der Waals surface area contributed by atoms with Gasteiger partial charge in [0.1, 0.15) is 0 Å². The molecule has 2 aliphatic heterocycles. The molecule has 0 N–H and O–H groups in total. The van der Waals surface area contributed by atoms with E-state index in [1.807, 2.05) is 23.7 Å². The third-order valence-corrected chi connectivity index (χ3v) is 5.71. The second kappa shape index (κ2) is 6.92. The van der Waals surface area contributed by atoms with Crippen LogP contribution in [0.15, 0.2) is 36.0 Å². The molecule has 0 bridgehead atoms. The van der Waals surface area contributed by atoms with Crippen molar-refractivity contribution in [3.63, 3.8) is 0 Å². The number of likely N-dealkylation sites (tertiary alicyclic amines) is 1. The Bertz CT molecular complexity index is 668. The van der Waals surface area contributed by atoms with Crippen molar-refractivity contribution >= 4 is 11.3 Å². The van der Waals surface area contributed by atoms with Crippen LogP contribution in [0.1, 0.15) is 28.8 Å². The minimum absolute atomic E-state index is 0.0189. The van der Waals surface area contributed by atoms with Crippen molar-refractivity contribution in [1.82, 2.24) is 9.88 Å². The Kier molecular flexibility index (Phi) is 4.68. The number of ether oxygens (including phenoxy) is 2. The standard InChI is InChI=1S/C19H24N2O2S/c1-15-7-16(10-20-9-15)12-22-17-4-5-23-19(8-17)13-21(14-19)11-18-3-2-6-24-18/h2-3,6-7,9-10,17H,4-5,8,11-14H2,1H3/t17-/m1/s1. The highest BCUT2D eigenvalue weighted by Crippen LogP contribution is 2.36. The van der Waals surface area contributed by atoms with Crippen LogP contribution in [-0.2, 0) is 22.6 Å². The molecule has 2 aliphatic rings. The molecule has 0 radical (unpaired) electrons. The predicted octanol–water partition coefficient (Wildman–Crippen LogP) is 3.40. The number of pyridine rings is 1. The van der Waals surface area contributed by atoms with Crippen molar-refractivity contribution in [2.24, 2.45) is 0 Å². The van der Waals surface area contributed by atoms with Gasteiger partial charge in [0, 0.05) is 49.9 Å². The van der Waals surface area contributed by atoms with Crippen LogP contribution in [0.25, 0.3) is 0 Å². The molecule has 0 aliphatic carbocycles. The van der Waals surface area contributed by atoms with Crippen LogP contribution >= 0.6 is 11.3 Å². The summed E-state index contributed by atoms with van der Waals surface area (Å²) in [6.45, 7) is 6.62. The molecule has 128 valence electrons. The lowest BCUT2D eigenvalue weighted by Gasteiger charge is -2.53. The number of hydrogen-bond donors (Lipinski definition) is 0. The van der Waals surface area contributed by atoms with Gasteiger partial charge >= 0.3 is 0 Å². The highest BCUT2D eigenvalue weighted by molar-refractivity contribution is 7.09. The largest absolute Gasteiger partial charge is 0.373 e. The molecule has 4 rings (SSSR count). The summed E-state index contributed by atoms with van der Waals surface area (Å²) in [5.41, 5.74) is 2.36. The molecule has 4 heterocycles. The van der Waals surface area contributed by atoms with E-state index in [9.17, 15) is 0 Å². The van der Waals surface area contributed by atoms with E-state index >= 15 is 0 Å². The van der Waals surface area contributed by atoms with Crippen LogP contribution in [-0.4, -0.2) is 41.3 Å². The lowest BCUT2D eigenvalue weighted by molar-refractivity contribution is -0.200. The zero-order chi connectivity index (χ0) is 16.4. The summed E-state index contributed by atoms with van der Waals surface area (Å²) >= 11 is 1.83. The summed E-state index contributed by atoms with van der Waals surface area (Å²) in [7, 11) is 0. The maximum absolute atomic E-state index is 6.16. The van der Waals surface area contributed by atoms with Gasteiger partial charge < -0.3 is 9.47 Å². The molecule has 0 amide bonds. The maximum atomic E-state index is 6.16. The molecular formula is C19H24N2O2S. The Morgan fingerprint density at radius 2 is 2.33 bits per heavy atom. The fraction of sp³-hybridized carbons (Fsp3) is 0.526. The first-order valence-corrected chi connectivity index (χ1v) is 9.50. The van der Waals surface area contributed by atoms with E-state index in [1.165, 1.54) is 10.4 Å². The summed E-state index contributed by atoms with van der Waals surface area (Å²) in [5.74, 6) is 0. The first-order chi connectivity index (χ1) is 11.7. The summed E-state index contributed by atoms with van der Waals surface area (Å²) in [5, 5.41) is 2.14. The third-order valence-electron chi connectivity index (χ3n) is 4.85. The van der Waals surface area contributed by atoms with Crippen LogP contribution < -0.4 is 0 Å². The van der Waals surface area contributed by atoms with Gasteiger partial charge in [0.25, 0.3) is 0 Å². The summed E-state index contributed by atoms with van der Waals surface area (Å²) in [6.07, 6.45) is 6.07. The fourth-order valence-electron chi connectivity index (χ4n) is 3.76. The number of rotatable bonds is 5. The van der Waals surface area contributed by atoms with E-state index in [1.54, 1.807) is 0 Å². The second-order valence-electron chi connectivity index (χ2n) is 7.05. The number of nitrogens with zero attached hydrogens (tertiary/aromatic N) is 2. The van der Waals surface area contributed by atoms with Crippen molar-refractivity contribution in [3.05, 3.63) is 52.0 Å². The monoisotopic (exact) mass is 344 g/mol. The molecule has 24 heavy (non-hydrogen) atoms. The first-order valence-electron chi connectivity index (χ1n) is 8.62. The third kappa shape index (κ3) is 3.70. The van der Waals surface area contributed by atoms with Crippen LogP contribution in [0.5, 0.6) is 0 Å². The molecule has 0 saturated carbocycles. The minimum atomic E-state index is 0.0189. The van der Waals surface area contributed by atoms with Crippen LogP contribution in [0.2, 0.25) is 0 Å². The SMILES string of the molecule is Cc1cncc(CO[C@@H]2CCOC3(C2)CN(Cc2cccs2)C3)c1. The predicted molar refractivity (Wildman–Crippen MR) is 95.1 cm³/mol. The first kappa shape index (κ1) is 16.2. The second-order valence-corrected chi connectivity index (χ2v) is 8.08. The Morgan fingerprint density at radius 1 is 1.42 bits per heavy atom. The lowest BCUT2D eigenvalue weighted by atomic mass is 9.84. The zero-order valence-corrected chi connectivity index (χ0v) is 14.9. The van der Waals surface area contributed by atoms with Gasteiger partial charge in [-0.1, -0.05) is 12.1 Å². The molecule has 2 aromatic rings. The van der Waals surface area contributed by atoms with Crippen LogP contribution in [0.3, 0.4) is 0 Å². The Hall–Kier alpha value is -1.27. The Morgan fingerprint density at radius 3 is 3.12 bits per heavy atom. The van der Waals surface area contributed by atoms with Crippen molar-refractivity contribution < 1.29 is 9.47 Å². The van der Waals surface area contributed by atoms with Gasteiger partial charge in [-0.2, -0.15) is 0 Å². The highest BCUT2D eigenvalue weighted by Gasteiger charge is 2.47. The molecule has 2 aromatic heterocycles. The molecule has 2 saturated heterocycles. The number of hydrogen-bond acceptors (Lipinski definition) is 5. The molecule has 1 spiro atoms. The van der Waals surface area contributed by atoms with E-state index in [4.69, 9.17) is 9.47 Å². The fourth-order valence-corrected chi connectivity index (χ4v) is 4.51. The topological polar surface area (TPSA) is 34.6 Å². The number of aromatic nitrogens is 1. The van der Waals surface area contributed by atoms with Gasteiger partial charge in [-0.05, 0) is 35.9 Å². The van der Waals surface area contributed by atoms with E-state index < -0.39 is 0 Å². The molecule has 1 atom stereocenters. The average molecular weight is 344 g/mol. The van der Waals surface area contributed by atoms with Crippen molar-refractivity contribution in [1.29, 1.82) is 0 Å². The van der Waals surface area contributed by atoms with Gasteiger partial charge in [0.2, 0.25) is 0 Å². The normalized spacial score (nSPS) is 23.3. The summed E-state index contributed by atoms with van der Waals surface area (Å²) in [4.78, 5) is 8.14. The molecular weight excluding hydrogens is 320 g/mol. The lowest BCUT2D eigenvalue weighted by Crippen LogP contribution is -2.65. The summed E-state index contributed by atoms with van der Waals surface area (Å²) in [6, 6.07) is 6.48. The Labute approximate surface area is 147 Å². The quantitative estimate of drug-likeness (QED) is 0.833. The van der Waals surface area contributed by atoms with Crippen LogP contribution in [0.4, 0.5) is 0 Å². The molecule has 0 aromatic carbocycles. The zero-order valence-electron chi connectivity index (χ0n) is 14.1. The minimum Gasteiger partial charge on any atom is -0.373 e. The van der Waals surface area contributed by atoms with Gasteiger partial charge in [-0.25, -0.2) is 0 Å². The van der Waals surface area contributed by atoms with E-state index in [0.717, 1.165) is 44.6 Å². The number of thiophene rings is 1. The van der Waals surface area contributed by atoms with Gasteiger partial charge in [-0.15, -0.1) is 11.3 Å². The molecule has 0 unspecified atom stereocenters. The smallest absolute Gasteiger partial charge is 0.0959 e. The van der Waals surface area contributed by atoms with Gasteiger partial charge in [0.05, 0.1) is 18.3 Å². The van der Waals surface area contributed by atoms with Gasteiger partial charge in [-0.3, -0.25) is 9.88 Å². The van der Waals surface area contributed by atoms with Crippen LogP contribution in [0, 0.1) is 6.92 Å². The molecule has 5 heteroatoms. The van der Waals surface area contributed by atoms with E-state index in [0.29, 0.717) is 12.7 Å². The van der Waals surface area contributed by atoms with Crippen molar-refractivity contribution in [3.8, 4) is 0 Å². The van der Waals surface area contributed by atoms with E-state index in [2.05, 4.69) is 40.4 Å². The maximum Gasteiger partial charge on any atom is 0.0959 e. The highest BCUT2D eigenvalue weighted by atomic mass is 32.1. The van der Waals surface area contributed by atoms with Crippen molar-refractivity contribution in [2.45, 2.75) is 44.6 Å². The van der Waals surface area contributed by atoms with E-state index in [-0.39, 0.29) is 5.60 Å². The average Bonchev–Trinajstić information content (AvgIpc) is 3.05. The number of aryl methyl sites for hydroxylation is 1. The van der Waals surface area contributed by atoms with Gasteiger partial charge in [0.15, 0.2) is 0 Å². The molecule has 2 fully saturated rings. The van der Waals surface area contributed by atoms with Crippen molar-refractivity contribution in [2.75, 3.05) is 19.7 Å².